The Labute approximate surface area is 163 Å². The van der Waals surface area contributed by atoms with Gasteiger partial charge in [0, 0.05) is 18.7 Å². The molecule has 3 rings (SSSR count). The molecule has 28 heavy (non-hydrogen) atoms. The molecule has 148 valence electrons. The summed E-state index contributed by atoms with van der Waals surface area (Å²) in [5, 5.41) is 19.4. The van der Waals surface area contributed by atoms with Crippen LogP contribution >= 0.6 is 0 Å². The maximum Gasteiger partial charge on any atom is 0.318 e. The van der Waals surface area contributed by atoms with Crippen molar-refractivity contribution in [3.63, 3.8) is 0 Å². The van der Waals surface area contributed by atoms with Crippen molar-refractivity contribution in [1.29, 1.82) is 0 Å². The van der Waals surface area contributed by atoms with Crippen LogP contribution in [0.2, 0.25) is 0 Å². The third kappa shape index (κ3) is 3.24. The van der Waals surface area contributed by atoms with Crippen molar-refractivity contribution in [3.8, 4) is 17.2 Å². The highest BCUT2D eigenvalue weighted by molar-refractivity contribution is 5.97. The molecule has 1 fully saturated rings. The van der Waals surface area contributed by atoms with Crippen molar-refractivity contribution >= 4 is 11.9 Å². The number of methoxy groups -OCH3 is 2. The van der Waals surface area contributed by atoms with Crippen LogP contribution in [0.15, 0.2) is 36.4 Å². The number of nitrogens with zero attached hydrogens (tertiary/aromatic N) is 1. The highest BCUT2D eigenvalue weighted by atomic mass is 16.5. The first-order valence-corrected chi connectivity index (χ1v) is 8.87. The summed E-state index contributed by atoms with van der Waals surface area (Å²) < 4.78 is 10.2. The highest BCUT2D eigenvalue weighted by Gasteiger charge is 2.48. The standard InChI is InChI=1S/C21H23NO6/c1-13-10-17(23)18(24)11-16(13)19(25)22-9-8-21(12-22,20(26)28-3)14-4-6-15(27-2)7-5-14/h4-7,10-11,23-24H,8-9,12H2,1-3H3. The van der Waals surface area contributed by atoms with Gasteiger partial charge in [-0.1, -0.05) is 12.1 Å². The van der Waals surface area contributed by atoms with E-state index < -0.39 is 11.4 Å². The average molecular weight is 385 g/mol. The summed E-state index contributed by atoms with van der Waals surface area (Å²) in [5.41, 5.74) is 0.607. The monoisotopic (exact) mass is 385 g/mol. The minimum Gasteiger partial charge on any atom is -0.504 e. The molecule has 7 nitrogen and oxygen atoms in total. The molecule has 1 aliphatic heterocycles. The average Bonchev–Trinajstić information content (AvgIpc) is 3.16. The van der Waals surface area contributed by atoms with Crippen LogP contribution in [0.25, 0.3) is 0 Å². The molecule has 2 N–H and O–H groups in total. The molecule has 2 aromatic carbocycles. The van der Waals surface area contributed by atoms with Crippen LogP contribution in [0.3, 0.4) is 0 Å². The van der Waals surface area contributed by atoms with Gasteiger partial charge in [-0.2, -0.15) is 0 Å². The fraction of sp³-hybridized carbons (Fsp3) is 0.333. The fourth-order valence-electron chi connectivity index (χ4n) is 3.69. The number of hydrogen-bond acceptors (Lipinski definition) is 6. The van der Waals surface area contributed by atoms with Crippen LogP contribution in [0.1, 0.15) is 27.9 Å². The van der Waals surface area contributed by atoms with E-state index in [4.69, 9.17) is 9.47 Å². The van der Waals surface area contributed by atoms with Crippen LogP contribution in [0, 0.1) is 6.92 Å². The number of carbonyl (C=O) groups is 2. The molecule has 0 spiro atoms. The molecular weight excluding hydrogens is 362 g/mol. The van der Waals surface area contributed by atoms with Gasteiger partial charge in [0.25, 0.3) is 5.91 Å². The van der Waals surface area contributed by atoms with E-state index in [-0.39, 0.29) is 29.5 Å². The number of benzene rings is 2. The van der Waals surface area contributed by atoms with Gasteiger partial charge in [0.1, 0.15) is 11.2 Å². The number of amides is 1. The molecule has 0 aliphatic carbocycles. The van der Waals surface area contributed by atoms with Gasteiger partial charge in [0.2, 0.25) is 0 Å². The zero-order valence-electron chi connectivity index (χ0n) is 16.1. The number of hydrogen-bond donors (Lipinski definition) is 2. The van der Waals surface area contributed by atoms with Crippen molar-refractivity contribution in [2.45, 2.75) is 18.8 Å². The molecule has 2 aromatic rings. The predicted molar refractivity (Wildman–Crippen MR) is 102 cm³/mol. The van der Waals surface area contributed by atoms with Crippen molar-refractivity contribution in [2.24, 2.45) is 0 Å². The van der Waals surface area contributed by atoms with E-state index in [1.807, 2.05) is 0 Å². The summed E-state index contributed by atoms with van der Waals surface area (Å²) in [7, 11) is 2.90. The predicted octanol–water partition coefficient (Wildman–Crippen LogP) is 2.37. The second-order valence-corrected chi connectivity index (χ2v) is 6.93. The summed E-state index contributed by atoms with van der Waals surface area (Å²) >= 11 is 0. The fourth-order valence-corrected chi connectivity index (χ4v) is 3.69. The van der Waals surface area contributed by atoms with Crippen LogP contribution in [-0.4, -0.2) is 54.3 Å². The lowest BCUT2D eigenvalue weighted by molar-refractivity contribution is -0.147. The Kier molecular flexibility index (Phi) is 5.18. The highest BCUT2D eigenvalue weighted by Crippen LogP contribution is 2.38. The maximum atomic E-state index is 13.0. The van der Waals surface area contributed by atoms with Gasteiger partial charge in [-0.3, -0.25) is 9.59 Å². The molecule has 1 atom stereocenters. The van der Waals surface area contributed by atoms with Gasteiger partial charge in [0.15, 0.2) is 11.5 Å². The third-order valence-corrected chi connectivity index (χ3v) is 5.33. The Bertz CT molecular complexity index is 908. The molecule has 0 saturated carbocycles. The zero-order chi connectivity index (χ0) is 20.5. The van der Waals surface area contributed by atoms with Crippen molar-refractivity contribution < 1.29 is 29.3 Å². The van der Waals surface area contributed by atoms with Gasteiger partial charge in [-0.25, -0.2) is 0 Å². The lowest BCUT2D eigenvalue weighted by Gasteiger charge is -2.27. The van der Waals surface area contributed by atoms with Gasteiger partial charge in [-0.15, -0.1) is 0 Å². The number of esters is 1. The van der Waals surface area contributed by atoms with Gasteiger partial charge in [0.05, 0.1) is 14.2 Å². The largest absolute Gasteiger partial charge is 0.504 e. The molecule has 1 heterocycles. The first kappa shape index (κ1) is 19.5. The first-order chi connectivity index (χ1) is 13.3. The topological polar surface area (TPSA) is 96.3 Å². The second kappa shape index (κ2) is 7.42. The summed E-state index contributed by atoms with van der Waals surface area (Å²) in [4.78, 5) is 27.3. The zero-order valence-corrected chi connectivity index (χ0v) is 16.1. The van der Waals surface area contributed by atoms with Gasteiger partial charge >= 0.3 is 5.97 Å². The maximum absolute atomic E-state index is 13.0. The Morgan fingerprint density at radius 3 is 2.32 bits per heavy atom. The minimum atomic E-state index is -0.969. The number of phenols is 2. The van der Waals surface area contributed by atoms with E-state index in [1.54, 1.807) is 43.2 Å². The molecule has 7 heteroatoms. The molecular formula is C21H23NO6. The van der Waals surface area contributed by atoms with E-state index in [2.05, 4.69) is 0 Å². The van der Waals surface area contributed by atoms with E-state index in [0.29, 0.717) is 24.3 Å². The van der Waals surface area contributed by atoms with E-state index in [1.165, 1.54) is 19.2 Å². The smallest absolute Gasteiger partial charge is 0.318 e. The Morgan fingerprint density at radius 2 is 1.71 bits per heavy atom. The SMILES string of the molecule is COC(=O)C1(c2ccc(OC)cc2)CCN(C(=O)c2cc(O)c(O)cc2C)C1. The Balaban J connectivity index is 1.94. The molecule has 1 aliphatic rings. The van der Waals surface area contributed by atoms with Crippen molar-refractivity contribution in [3.05, 3.63) is 53.1 Å². The van der Waals surface area contributed by atoms with Crippen LogP contribution in [0.5, 0.6) is 17.2 Å². The number of rotatable bonds is 4. The molecule has 1 unspecified atom stereocenters. The number of phenolic OH excluding ortho intramolecular Hbond substituents is 2. The van der Waals surface area contributed by atoms with Gasteiger partial charge in [-0.05, 0) is 48.7 Å². The van der Waals surface area contributed by atoms with Gasteiger partial charge < -0.3 is 24.6 Å². The van der Waals surface area contributed by atoms with E-state index in [9.17, 15) is 19.8 Å². The number of ether oxygens (including phenoxy) is 2. The van der Waals surface area contributed by atoms with Crippen molar-refractivity contribution in [2.75, 3.05) is 27.3 Å². The minimum absolute atomic E-state index is 0.159. The van der Waals surface area contributed by atoms with Crippen LogP contribution < -0.4 is 4.74 Å². The summed E-state index contributed by atoms with van der Waals surface area (Å²) in [6.07, 6.45) is 0.418. The van der Waals surface area contributed by atoms with E-state index in [0.717, 1.165) is 5.56 Å². The number of aryl methyl sites for hydroxylation is 1. The molecule has 0 radical (unpaired) electrons. The molecule has 0 bridgehead atoms. The third-order valence-electron chi connectivity index (χ3n) is 5.33. The summed E-state index contributed by atoms with van der Waals surface area (Å²) in [5.74, 6) is -0.685. The van der Waals surface area contributed by atoms with Crippen LogP contribution in [-0.2, 0) is 14.9 Å². The first-order valence-electron chi connectivity index (χ1n) is 8.87. The Morgan fingerprint density at radius 1 is 1.07 bits per heavy atom. The van der Waals surface area contributed by atoms with E-state index >= 15 is 0 Å². The van der Waals surface area contributed by atoms with Crippen LogP contribution in [0.4, 0.5) is 0 Å². The second-order valence-electron chi connectivity index (χ2n) is 6.93. The summed E-state index contributed by atoms with van der Waals surface area (Å²) in [6, 6.07) is 9.75. The number of carbonyl (C=O) groups excluding carboxylic acids is 2. The molecule has 1 amide bonds. The Hall–Kier alpha value is -3.22. The lowest BCUT2D eigenvalue weighted by atomic mass is 9.79. The number of likely N-dealkylation sites (tertiary alicyclic amines) is 1. The normalized spacial score (nSPS) is 18.8. The quantitative estimate of drug-likeness (QED) is 0.620. The molecule has 1 saturated heterocycles. The number of aromatic hydroxyl groups is 2. The summed E-state index contributed by atoms with van der Waals surface area (Å²) in [6.45, 7) is 2.20. The lowest BCUT2D eigenvalue weighted by Crippen LogP contribution is -2.41. The van der Waals surface area contributed by atoms with Crippen molar-refractivity contribution in [1.82, 2.24) is 4.90 Å². The molecule has 0 aromatic heterocycles.